The number of rotatable bonds is 3. The second-order valence-electron chi connectivity index (χ2n) is 4.74. The molecule has 0 radical (unpaired) electrons. The van der Waals surface area contributed by atoms with Crippen molar-refractivity contribution in [3.8, 4) is 0 Å². The van der Waals surface area contributed by atoms with Crippen LogP contribution in [0, 0.1) is 17.4 Å². The molecule has 94 valence electrons. The van der Waals surface area contributed by atoms with E-state index in [1.807, 2.05) is 0 Å². The Morgan fingerprint density at radius 2 is 1.67 bits per heavy atom. The van der Waals surface area contributed by atoms with Gasteiger partial charge in [0.2, 0.25) is 0 Å². The predicted octanol–water partition coefficient (Wildman–Crippen LogP) is 5.08. The highest BCUT2D eigenvalue weighted by molar-refractivity contribution is 14.1. The summed E-state index contributed by atoms with van der Waals surface area (Å²) in [7, 11) is 0. The Bertz CT molecular complexity index is 531. The number of aryl methyl sites for hydroxylation is 2. The largest absolute Gasteiger partial charge is 0.378 e. The van der Waals surface area contributed by atoms with E-state index < -0.39 is 0 Å². The minimum absolute atomic E-state index is 0.323. The molecule has 0 aliphatic heterocycles. The van der Waals surface area contributed by atoms with Gasteiger partial charge in [-0.25, -0.2) is 0 Å². The molecule has 2 heteroatoms. The first-order valence-corrected chi connectivity index (χ1v) is 7.23. The number of hydrogen-bond acceptors (Lipinski definition) is 1. The Morgan fingerprint density at radius 1 is 1.00 bits per heavy atom. The summed E-state index contributed by atoms with van der Waals surface area (Å²) in [5.74, 6) is 0. The van der Waals surface area contributed by atoms with Crippen LogP contribution in [-0.4, -0.2) is 0 Å². The topological polar surface area (TPSA) is 12.0 Å². The fourth-order valence-electron chi connectivity index (χ4n) is 2.04. The molecule has 0 saturated carbocycles. The van der Waals surface area contributed by atoms with Crippen LogP contribution >= 0.6 is 22.6 Å². The van der Waals surface area contributed by atoms with Crippen molar-refractivity contribution in [3.05, 3.63) is 62.7 Å². The number of nitrogens with one attached hydrogen (secondary N) is 1. The maximum absolute atomic E-state index is 3.57. The van der Waals surface area contributed by atoms with Crippen molar-refractivity contribution in [3.63, 3.8) is 0 Å². The number of benzene rings is 2. The molecule has 1 nitrogen and oxygen atoms in total. The molecule has 0 aliphatic rings. The molecule has 18 heavy (non-hydrogen) atoms. The molecule has 2 rings (SSSR count). The van der Waals surface area contributed by atoms with Gasteiger partial charge in [-0.3, -0.25) is 0 Å². The molecule has 0 aromatic heterocycles. The standard InChI is InChI=1S/C16H18IN/c1-11-4-9-16(12(2)10-11)18-13(3)14-5-7-15(17)8-6-14/h4-10,13,18H,1-3H3. The quantitative estimate of drug-likeness (QED) is 0.761. The predicted molar refractivity (Wildman–Crippen MR) is 87.1 cm³/mol. The van der Waals surface area contributed by atoms with Crippen molar-refractivity contribution < 1.29 is 0 Å². The molecular weight excluding hydrogens is 333 g/mol. The molecule has 0 bridgehead atoms. The van der Waals surface area contributed by atoms with Crippen molar-refractivity contribution in [2.24, 2.45) is 0 Å². The highest BCUT2D eigenvalue weighted by Crippen LogP contribution is 2.23. The van der Waals surface area contributed by atoms with Crippen LogP contribution in [0.5, 0.6) is 0 Å². The SMILES string of the molecule is Cc1ccc(NC(C)c2ccc(I)cc2)c(C)c1. The monoisotopic (exact) mass is 351 g/mol. The molecule has 0 spiro atoms. The average molecular weight is 351 g/mol. The van der Waals surface area contributed by atoms with Crippen LogP contribution in [-0.2, 0) is 0 Å². The van der Waals surface area contributed by atoms with Crippen molar-refractivity contribution in [2.75, 3.05) is 5.32 Å². The van der Waals surface area contributed by atoms with Gasteiger partial charge in [0.25, 0.3) is 0 Å². The van der Waals surface area contributed by atoms with Crippen molar-refractivity contribution >= 4 is 28.3 Å². The lowest BCUT2D eigenvalue weighted by Gasteiger charge is -2.18. The molecule has 0 aliphatic carbocycles. The van der Waals surface area contributed by atoms with E-state index >= 15 is 0 Å². The molecule has 0 amide bonds. The zero-order chi connectivity index (χ0) is 13.1. The Hall–Kier alpha value is -1.03. The minimum Gasteiger partial charge on any atom is -0.378 e. The Balaban J connectivity index is 2.15. The summed E-state index contributed by atoms with van der Waals surface area (Å²) in [6.45, 7) is 6.47. The molecule has 0 saturated heterocycles. The van der Waals surface area contributed by atoms with Crippen LogP contribution in [0.2, 0.25) is 0 Å². The van der Waals surface area contributed by atoms with Gasteiger partial charge < -0.3 is 5.32 Å². The van der Waals surface area contributed by atoms with Gasteiger partial charge in [0.05, 0.1) is 0 Å². The molecule has 2 aromatic rings. The Kier molecular flexibility index (Phi) is 4.27. The fourth-order valence-corrected chi connectivity index (χ4v) is 2.40. The molecule has 1 N–H and O–H groups in total. The maximum atomic E-state index is 3.57. The van der Waals surface area contributed by atoms with Crippen LogP contribution in [0.3, 0.4) is 0 Å². The lowest BCUT2D eigenvalue weighted by atomic mass is 10.1. The second-order valence-corrected chi connectivity index (χ2v) is 5.98. The van der Waals surface area contributed by atoms with Gasteiger partial charge in [-0.2, -0.15) is 0 Å². The lowest BCUT2D eigenvalue weighted by Crippen LogP contribution is -2.07. The summed E-state index contributed by atoms with van der Waals surface area (Å²) in [6.07, 6.45) is 0. The van der Waals surface area contributed by atoms with Crippen molar-refractivity contribution in [2.45, 2.75) is 26.8 Å². The van der Waals surface area contributed by atoms with Gasteiger partial charge in [0.15, 0.2) is 0 Å². The summed E-state index contributed by atoms with van der Waals surface area (Å²) < 4.78 is 1.27. The Morgan fingerprint density at radius 3 is 2.28 bits per heavy atom. The smallest absolute Gasteiger partial charge is 0.0485 e. The van der Waals surface area contributed by atoms with E-state index in [0.29, 0.717) is 6.04 Å². The molecule has 1 unspecified atom stereocenters. The normalized spacial score (nSPS) is 12.2. The van der Waals surface area contributed by atoms with Crippen LogP contribution in [0.1, 0.15) is 29.7 Å². The van der Waals surface area contributed by atoms with E-state index in [4.69, 9.17) is 0 Å². The summed E-state index contributed by atoms with van der Waals surface area (Å²) in [6, 6.07) is 15.5. The molecule has 2 aromatic carbocycles. The highest BCUT2D eigenvalue weighted by atomic mass is 127. The van der Waals surface area contributed by atoms with Gasteiger partial charge in [0.1, 0.15) is 0 Å². The number of hydrogen-bond donors (Lipinski definition) is 1. The first kappa shape index (κ1) is 13.4. The summed E-state index contributed by atoms with van der Waals surface area (Å²) in [4.78, 5) is 0. The van der Waals surface area contributed by atoms with Gasteiger partial charge in [-0.05, 0) is 72.7 Å². The number of anilines is 1. The summed E-state index contributed by atoms with van der Waals surface area (Å²) in [5, 5.41) is 3.57. The van der Waals surface area contributed by atoms with Crippen LogP contribution in [0.25, 0.3) is 0 Å². The first-order valence-electron chi connectivity index (χ1n) is 6.15. The summed E-state index contributed by atoms with van der Waals surface area (Å²) >= 11 is 2.33. The molecule has 0 heterocycles. The van der Waals surface area contributed by atoms with Gasteiger partial charge in [-0.15, -0.1) is 0 Å². The highest BCUT2D eigenvalue weighted by Gasteiger charge is 2.06. The molecule has 0 fully saturated rings. The minimum atomic E-state index is 0.323. The summed E-state index contributed by atoms with van der Waals surface area (Å²) in [5.41, 5.74) is 5.13. The Labute approximate surface area is 123 Å². The zero-order valence-electron chi connectivity index (χ0n) is 11.0. The van der Waals surface area contributed by atoms with Crippen LogP contribution < -0.4 is 5.32 Å². The van der Waals surface area contributed by atoms with Crippen molar-refractivity contribution in [1.29, 1.82) is 0 Å². The number of halogens is 1. The van der Waals surface area contributed by atoms with E-state index in [1.54, 1.807) is 0 Å². The van der Waals surface area contributed by atoms with E-state index in [2.05, 4.69) is 91.1 Å². The van der Waals surface area contributed by atoms with Crippen molar-refractivity contribution in [1.82, 2.24) is 0 Å². The van der Waals surface area contributed by atoms with Crippen LogP contribution in [0.15, 0.2) is 42.5 Å². The van der Waals surface area contributed by atoms with Gasteiger partial charge in [0, 0.05) is 15.3 Å². The van der Waals surface area contributed by atoms with Crippen LogP contribution in [0.4, 0.5) is 5.69 Å². The third-order valence-electron chi connectivity index (χ3n) is 3.12. The molecular formula is C16H18IN. The lowest BCUT2D eigenvalue weighted by molar-refractivity contribution is 0.882. The first-order chi connectivity index (χ1) is 8.56. The van der Waals surface area contributed by atoms with E-state index in [0.717, 1.165) is 0 Å². The fraction of sp³-hybridized carbons (Fsp3) is 0.250. The van der Waals surface area contributed by atoms with Gasteiger partial charge >= 0.3 is 0 Å². The van der Waals surface area contributed by atoms with E-state index in [1.165, 1.54) is 25.9 Å². The third kappa shape index (κ3) is 3.25. The van der Waals surface area contributed by atoms with Gasteiger partial charge in [-0.1, -0.05) is 29.8 Å². The zero-order valence-corrected chi connectivity index (χ0v) is 13.2. The van der Waals surface area contributed by atoms with E-state index in [9.17, 15) is 0 Å². The average Bonchev–Trinajstić information content (AvgIpc) is 2.33. The molecule has 1 atom stereocenters. The maximum Gasteiger partial charge on any atom is 0.0485 e. The van der Waals surface area contributed by atoms with E-state index in [-0.39, 0.29) is 0 Å². The third-order valence-corrected chi connectivity index (χ3v) is 3.84. The second kappa shape index (κ2) is 5.74.